The van der Waals surface area contributed by atoms with Crippen LogP contribution in [0.4, 0.5) is 0 Å². The molecule has 1 fully saturated rings. The molecule has 126 valence electrons. The van der Waals surface area contributed by atoms with Crippen molar-refractivity contribution in [2.24, 2.45) is 5.92 Å². The zero-order valence-electron chi connectivity index (χ0n) is 14.3. The zero-order valence-corrected chi connectivity index (χ0v) is 14.3. The van der Waals surface area contributed by atoms with Crippen LogP contribution in [0, 0.1) is 5.92 Å². The number of hydrogen-bond donors (Lipinski definition) is 0. The molecule has 0 radical (unpaired) electrons. The van der Waals surface area contributed by atoms with Crippen molar-refractivity contribution in [2.45, 2.75) is 32.8 Å². The molecule has 0 aromatic heterocycles. The molecule has 2 aromatic carbocycles. The van der Waals surface area contributed by atoms with E-state index >= 15 is 0 Å². The van der Waals surface area contributed by atoms with Gasteiger partial charge < -0.3 is 9.64 Å². The molecule has 3 heteroatoms. The lowest BCUT2D eigenvalue weighted by Crippen LogP contribution is -2.33. The molecule has 0 saturated heterocycles. The number of nitrogens with zero attached hydrogens (tertiary/aromatic N) is 1. The van der Waals surface area contributed by atoms with E-state index < -0.39 is 0 Å². The first kappa shape index (κ1) is 16.6. The smallest absolute Gasteiger partial charge is 0.253 e. The molecule has 1 aliphatic rings. The van der Waals surface area contributed by atoms with Crippen LogP contribution in [0.5, 0.6) is 5.75 Å². The average molecular weight is 323 g/mol. The van der Waals surface area contributed by atoms with Crippen molar-refractivity contribution in [1.82, 2.24) is 4.90 Å². The summed E-state index contributed by atoms with van der Waals surface area (Å²) in [5, 5.41) is 0. The second-order valence-electron chi connectivity index (χ2n) is 6.49. The van der Waals surface area contributed by atoms with Crippen molar-refractivity contribution >= 4 is 5.91 Å². The largest absolute Gasteiger partial charge is 0.489 e. The van der Waals surface area contributed by atoms with Crippen LogP contribution < -0.4 is 4.74 Å². The Morgan fingerprint density at radius 1 is 1.08 bits per heavy atom. The highest BCUT2D eigenvalue weighted by molar-refractivity contribution is 5.94. The third-order valence-corrected chi connectivity index (χ3v) is 4.31. The van der Waals surface area contributed by atoms with Crippen LogP contribution >= 0.6 is 0 Å². The van der Waals surface area contributed by atoms with Gasteiger partial charge in [0.05, 0.1) is 0 Å². The number of para-hydroxylation sites is 1. The van der Waals surface area contributed by atoms with Crippen molar-refractivity contribution in [3.63, 3.8) is 0 Å². The molecule has 1 amide bonds. The molecule has 24 heavy (non-hydrogen) atoms. The van der Waals surface area contributed by atoms with Gasteiger partial charge in [-0.1, -0.05) is 37.3 Å². The summed E-state index contributed by atoms with van der Waals surface area (Å²) in [6, 6.07) is 17.6. The maximum absolute atomic E-state index is 12.7. The third kappa shape index (κ3) is 4.60. The molecule has 1 aliphatic carbocycles. The summed E-state index contributed by atoms with van der Waals surface area (Å²) in [5.41, 5.74) is 1.84. The zero-order chi connectivity index (χ0) is 16.8. The molecule has 0 N–H and O–H groups in total. The standard InChI is InChI=1S/C21H25NO2/c1-2-14-22(15-17-8-9-17)21(23)19-12-10-18(11-13-19)16-24-20-6-4-3-5-7-20/h3-7,10-13,17H,2,8-9,14-16H2,1H3. The molecular weight excluding hydrogens is 298 g/mol. The number of hydrogen-bond acceptors (Lipinski definition) is 2. The van der Waals surface area contributed by atoms with Crippen molar-refractivity contribution in [3.05, 3.63) is 65.7 Å². The minimum absolute atomic E-state index is 0.152. The Bertz CT molecular complexity index is 647. The molecule has 3 rings (SSSR count). The molecule has 3 nitrogen and oxygen atoms in total. The topological polar surface area (TPSA) is 29.5 Å². The first-order valence-electron chi connectivity index (χ1n) is 8.82. The van der Waals surface area contributed by atoms with Gasteiger partial charge in [-0.15, -0.1) is 0 Å². The Hall–Kier alpha value is -2.29. The van der Waals surface area contributed by atoms with E-state index in [2.05, 4.69) is 6.92 Å². The van der Waals surface area contributed by atoms with E-state index in [9.17, 15) is 4.79 Å². The molecule has 0 unspecified atom stereocenters. The molecule has 0 atom stereocenters. The van der Waals surface area contributed by atoms with Crippen molar-refractivity contribution in [3.8, 4) is 5.75 Å². The van der Waals surface area contributed by atoms with Gasteiger partial charge in [-0.25, -0.2) is 0 Å². The minimum atomic E-state index is 0.152. The molecule has 1 saturated carbocycles. The Morgan fingerprint density at radius 2 is 1.79 bits per heavy atom. The highest BCUT2D eigenvalue weighted by Gasteiger charge is 2.26. The third-order valence-electron chi connectivity index (χ3n) is 4.31. The predicted octanol–water partition coefficient (Wildman–Crippen LogP) is 4.53. The lowest BCUT2D eigenvalue weighted by molar-refractivity contribution is 0.0747. The average Bonchev–Trinajstić information content (AvgIpc) is 3.44. The van der Waals surface area contributed by atoms with Gasteiger partial charge in [0.15, 0.2) is 0 Å². The van der Waals surface area contributed by atoms with Crippen LogP contribution in [-0.2, 0) is 6.61 Å². The minimum Gasteiger partial charge on any atom is -0.489 e. The quantitative estimate of drug-likeness (QED) is 0.714. The fourth-order valence-corrected chi connectivity index (χ4v) is 2.77. The maximum Gasteiger partial charge on any atom is 0.253 e. The number of carbonyl (C=O) groups excluding carboxylic acids is 1. The highest BCUT2D eigenvalue weighted by Crippen LogP contribution is 2.30. The van der Waals surface area contributed by atoms with E-state index in [1.807, 2.05) is 59.5 Å². The number of carbonyl (C=O) groups is 1. The van der Waals surface area contributed by atoms with E-state index in [1.54, 1.807) is 0 Å². The molecule has 0 spiro atoms. The second-order valence-corrected chi connectivity index (χ2v) is 6.49. The van der Waals surface area contributed by atoms with E-state index in [4.69, 9.17) is 4.74 Å². The van der Waals surface area contributed by atoms with Crippen LogP contribution in [-0.4, -0.2) is 23.9 Å². The van der Waals surface area contributed by atoms with Gasteiger partial charge in [0.2, 0.25) is 0 Å². The monoisotopic (exact) mass is 323 g/mol. The summed E-state index contributed by atoms with van der Waals surface area (Å²) in [4.78, 5) is 14.7. The number of amides is 1. The van der Waals surface area contributed by atoms with Gasteiger partial charge in [0.25, 0.3) is 5.91 Å². The van der Waals surface area contributed by atoms with Gasteiger partial charge in [0, 0.05) is 18.7 Å². The summed E-state index contributed by atoms with van der Waals surface area (Å²) in [5.74, 6) is 1.73. The fraction of sp³-hybridized carbons (Fsp3) is 0.381. The van der Waals surface area contributed by atoms with Crippen molar-refractivity contribution in [1.29, 1.82) is 0 Å². The number of rotatable bonds is 8. The normalized spacial score (nSPS) is 13.5. The fourth-order valence-electron chi connectivity index (χ4n) is 2.77. The van der Waals surface area contributed by atoms with Crippen LogP contribution in [0.3, 0.4) is 0 Å². The molecule has 0 heterocycles. The summed E-state index contributed by atoms with van der Waals surface area (Å²) < 4.78 is 5.74. The van der Waals surface area contributed by atoms with Crippen LogP contribution in [0.25, 0.3) is 0 Å². The lowest BCUT2D eigenvalue weighted by atomic mass is 10.1. The molecular formula is C21H25NO2. The number of ether oxygens (including phenoxy) is 1. The van der Waals surface area contributed by atoms with Crippen LogP contribution in [0.15, 0.2) is 54.6 Å². The highest BCUT2D eigenvalue weighted by atomic mass is 16.5. The predicted molar refractivity (Wildman–Crippen MR) is 96.1 cm³/mol. The van der Waals surface area contributed by atoms with Crippen molar-refractivity contribution in [2.75, 3.05) is 13.1 Å². The Kier molecular flexibility index (Phi) is 5.52. The SMILES string of the molecule is CCCN(CC1CC1)C(=O)c1ccc(COc2ccccc2)cc1. The van der Waals surface area contributed by atoms with Gasteiger partial charge in [-0.2, -0.15) is 0 Å². The summed E-state index contributed by atoms with van der Waals surface area (Å²) >= 11 is 0. The van der Waals surface area contributed by atoms with Gasteiger partial charge >= 0.3 is 0 Å². The van der Waals surface area contributed by atoms with Gasteiger partial charge in [0.1, 0.15) is 12.4 Å². The molecule has 0 aliphatic heterocycles. The van der Waals surface area contributed by atoms with E-state index in [-0.39, 0.29) is 5.91 Å². The number of benzene rings is 2. The van der Waals surface area contributed by atoms with Gasteiger partial charge in [-0.05, 0) is 55.0 Å². The van der Waals surface area contributed by atoms with Crippen molar-refractivity contribution < 1.29 is 9.53 Å². The summed E-state index contributed by atoms with van der Waals surface area (Å²) in [6.45, 7) is 4.39. The Balaban J connectivity index is 1.59. The first-order chi connectivity index (χ1) is 11.8. The first-order valence-corrected chi connectivity index (χ1v) is 8.82. The van der Waals surface area contributed by atoms with E-state index in [0.29, 0.717) is 6.61 Å². The molecule has 0 bridgehead atoms. The summed E-state index contributed by atoms with van der Waals surface area (Å²) in [7, 11) is 0. The van der Waals surface area contributed by atoms with Crippen LogP contribution in [0.2, 0.25) is 0 Å². The van der Waals surface area contributed by atoms with Crippen LogP contribution in [0.1, 0.15) is 42.1 Å². The molecule has 2 aromatic rings. The second kappa shape index (κ2) is 8.00. The van der Waals surface area contributed by atoms with E-state index in [0.717, 1.165) is 42.3 Å². The Morgan fingerprint density at radius 3 is 2.42 bits per heavy atom. The maximum atomic E-state index is 12.7. The van der Waals surface area contributed by atoms with Gasteiger partial charge in [-0.3, -0.25) is 4.79 Å². The van der Waals surface area contributed by atoms with E-state index in [1.165, 1.54) is 12.8 Å². The lowest BCUT2D eigenvalue weighted by Gasteiger charge is -2.22. The Labute approximate surface area is 144 Å². The summed E-state index contributed by atoms with van der Waals surface area (Å²) in [6.07, 6.45) is 3.54.